The highest BCUT2D eigenvalue weighted by Gasteiger charge is 2.28. The van der Waals surface area contributed by atoms with Crippen LogP contribution in [-0.4, -0.2) is 65.5 Å². The fourth-order valence-electron chi connectivity index (χ4n) is 3.34. The zero-order valence-corrected chi connectivity index (χ0v) is 13.7. The molecule has 2 aliphatic heterocycles. The first-order chi connectivity index (χ1) is 11.1. The van der Waals surface area contributed by atoms with E-state index in [0.717, 1.165) is 51.1 Å². The van der Waals surface area contributed by atoms with E-state index in [4.69, 9.17) is 4.74 Å². The number of amides is 2. The summed E-state index contributed by atoms with van der Waals surface area (Å²) >= 11 is 0. The normalized spacial score (nSPS) is 20.9. The first-order valence-electron chi connectivity index (χ1n) is 8.48. The van der Waals surface area contributed by atoms with Crippen LogP contribution in [0, 0.1) is 6.92 Å². The Kier molecular flexibility index (Phi) is 5.00. The number of likely N-dealkylation sites (tertiary alicyclic amines) is 1. The van der Waals surface area contributed by atoms with Gasteiger partial charge < -0.3 is 19.5 Å². The number of ether oxygens (including phenoxy) is 1. The number of carbonyl (C=O) groups excluding carboxylic acids is 2. The second kappa shape index (κ2) is 7.17. The molecule has 3 heterocycles. The molecule has 0 saturated carbocycles. The summed E-state index contributed by atoms with van der Waals surface area (Å²) in [5, 5.41) is 0. The molecule has 1 N–H and O–H groups in total. The zero-order valence-electron chi connectivity index (χ0n) is 13.7. The Labute approximate surface area is 136 Å². The summed E-state index contributed by atoms with van der Waals surface area (Å²) in [6.45, 7) is 4.87. The lowest BCUT2D eigenvalue weighted by atomic mass is 10.2. The number of nitrogens with one attached hydrogen (secondary N) is 1. The number of carbonyl (C=O) groups is 2. The standard InChI is InChI=1S/C17H25N3O3/c1-13-15(6-7-18-13)17(22)20(11-14-5-4-10-23-14)12-16(21)19-8-2-3-9-19/h6-7,14,18H,2-5,8-12H2,1H3/t14-/m1/s1. The number of hydrogen-bond donors (Lipinski definition) is 1. The summed E-state index contributed by atoms with van der Waals surface area (Å²) < 4.78 is 5.66. The van der Waals surface area contributed by atoms with Crippen molar-refractivity contribution >= 4 is 11.8 Å². The van der Waals surface area contributed by atoms with Crippen molar-refractivity contribution in [2.24, 2.45) is 0 Å². The van der Waals surface area contributed by atoms with Crippen molar-refractivity contribution in [1.82, 2.24) is 14.8 Å². The lowest BCUT2D eigenvalue weighted by molar-refractivity contribution is -0.131. The van der Waals surface area contributed by atoms with Gasteiger partial charge in [0.2, 0.25) is 5.91 Å². The van der Waals surface area contributed by atoms with Gasteiger partial charge in [-0.25, -0.2) is 0 Å². The van der Waals surface area contributed by atoms with Gasteiger partial charge in [-0.15, -0.1) is 0 Å². The first-order valence-corrected chi connectivity index (χ1v) is 8.48. The van der Waals surface area contributed by atoms with Gasteiger partial charge in [-0.1, -0.05) is 0 Å². The Bertz CT molecular complexity index is 557. The highest BCUT2D eigenvalue weighted by Crippen LogP contribution is 2.17. The lowest BCUT2D eigenvalue weighted by Gasteiger charge is -2.27. The molecule has 2 amide bonds. The lowest BCUT2D eigenvalue weighted by Crippen LogP contribution is -2.45. The van der Waals surface area contributed by atoms with E-state index in [-0.39, 0.29) is 24.5 Å². The minimum atomic E-state index is -0.0909. The van der Waals surface area contributed by atoms with Crippen molar-refractivity contribution in [2.45, 2.75) is 38.7 Å². The van der Waals surface area contributed by atoms with Gasteiger partial charge in [-0.05, 0) is 38.7 Å². The molecule has 1 aromatic rings. The van der Waals surface area contributed by atoms with Crippen LogP contribution in [0.15, 0.2) is 12.3 Å². The number of hydrogen-bond acceptors (Lipinski definition) is 3. The molecule has 0 radical (unpaired) electrons. The van der Waals surface area contributed by atoms with E-state index < -0.39 is 0 Å². The monoisotopic (exact) mass is 319 g/mol. The number of aromatic nitrogens is 1. The maximum Gasteiger partial charge on any atom is 0.256 e. The molecule has 2 saturated heterocycles. The average Bonchev–Trinajstić information content (AvgIpc) is 3.28. The second-order valence-electron chi connectivity index (χ2n) is 6.42. The van der Waals surface area contributed by atoms with Gasteiger partial charge in [0, 0.05) is 38.1 Å². The van der Waals surface area contributed by atoms with Crippen molar-refractivity contribution < 1.29 is 14.3 Å². The van der Waals surface area contributed by atoms with Gasteiger partial charge in [0.1, 0.15) is 6.54 Å². The number of aryl methyl sites for hydroxylation is 1. The SMILES string of the molecule is Cc1[nH]ccc1C(=O)N(CC(=O)N1CCCC1)C[C@H]1CCCO1. The molecule has 0 spiro atoms. The molecular weight excluding hydrogens is 294 g/mol. The molecule has 126 valence electrons. The van der Waals surface area contributed by atoms with E-state index in [2.05, 4.69) is 4.98 Å². The van der Waals surface area contributed by atoms with Gasteiger partial charge in [0.15, 0.2) is 0 Å². The maximum atomic E-state index is 12.8. The molecule has 0 aromatic carbocycles. The van der Waals surface area contributed by atoms with E-state index in [1.165, 1.54) is 0 Å². The van der Waals surface area contributed by atoms with E-state index in [0.29, 0.717) is 12.1 Å². The topological polar surface area (TPSA) is 65.6 Å². The Balaban J connectivity index is 1.71. The van der Waals surface area contributed by atoms with Crippen LogP contribution >= 0.6 is 0 Å². The van der Waals surface area contributed by atoms with Crippen molar-refractivity contribution in [2.75, 3.05) is 32.8 Å². The molecule has 3 rings (SSSR count). The third-order valence-corrected chi connectivity index (χ3v) is 4.70. The Morgan fingerprint density at radius 1 is 1.35 bits per heavy atom. The van der Waals surface area contributed by atoms with Gasteiger partial charge in [-0.3, -0.25) is 9.59 Å². The molecule has 0 unspecified atom stereocenters. The van der Waals surface area contributed by atoms with E-state index >= 15 is 0 Å². The molecule has 2 aliphatic rings. The fraction of sp³-hybridized carbons (Fsp3) is 0.647. The molecular formula is C17H25N3O3. The molecule has 6 heteroatoms. The number of rotatable bonds is 5. The summed E-state index contributed by atoms with van der Waals surface area (Å²) in [6.07, 6.45) is 5.90. The summed E-state index contributed by atoms with van der Waals surface area (Å²) in [5.74, 6) is -0.0474. The van der Waals surface area contributed by atoms with Gasteiger partial charge in [-0.2, -0.15) is 0 Å². The van der Waals surface area contributed by atoms with Crippen LogP contribution in [0.1, 0.15) is 41.7 Å². The van der Waals surface area contributed by atoms with Crippen molar-refractivity contribution in [3.8, 4) is 0 Å². The zero-order chi connectivity index (χ0) is 16.2. The Morgan fingerprint density at radius 3 is 2.74 bits per heavy atom. The minimum Gasteiger partial charge on any atom is -0.376 e. The van der Waals surface area contributed by atoms with Gasteiger partial charge in [0.05, 0.1) is 11.7 Å². The number of H-pyrrole nitrogens is 1. The maximum absolute atomic E-state index is 12.8. The van der Waals surface area contributed by atoms with E-state index in [1.54, 1.807) is 17.2 Å². The van der Waals surface area contributed by atoms with Crippen molar-refractivity contribution in [3.05, 3.63) is 23.5 Å². The fourth-order valence-corrected chi connectivity index (χ4v) is 3.34. The van der Waals surface area contributed by atoms with Crippen LogP contribution in [0.25, 0.3) is 0 Å². The summed E-state index contributed by atoms with van der Waals surface area (Å²) in [7, 11) is 0. The van der Waals surface area contributed by atoms with Crippen molar-refractivity contribution in [1.29, 1.82) is 0 Å². The van der Waals surface area contributed by atoms with Crippen LogP contribution in [0.5, 0.6) is 0 Å². The predicted octanol–water partition coefficient (Wildman–Crippen LogP) is 1.57. The molecule has 0 bridgehead atoms. The van der Waals surface area contributed by atoms with Crippen molar-refractivity contribution in [3.63, 3.8) is 0 Å². The third kappa shape index (κ3) is 3.75. The molecule has 0 aliphatic carbocycles. The average molecular weight is 319 g/mol. The molecule has 6 nitrogen and oxygen atoms in total. The molecule has 1 aromatic heterocycles. The number of nitrogens with zero attached hydrogens (tertiary/aromatic N) is 2. The van der Waals surface area contributed by atoms with Crippen LogP contribution in [-0.2, 0) is 9.53 Å². The summed E-state index contributed by atoms with van der Waals surface area (Å²) in [6, 6.07) is 1.78. The number of aromatic amines is 1. The summed E-state index contributed by atoms with van der Waals surface area (Å²) in [5.41, 5.74) is 1.47. The summed E-state index contributed by atoms with van der Waals surface area (Å²) in [4.78, 5) is 31.9. The van der Waals surface area contributed by atoms with E-state index in [1.807, 2.05) is 11.8 Å². The third-order valence-electron chi connectivity index (χ3n) is 4.70. The van der Waals surface area contributed by atoms with Gasteiger partial charge >= 0.3 is 0 Å². The van der Waals surface area contributed by atoms with Gasteiger partial charge in [0.25, 0.3) is 5.91 Å². The Morgan fingerprint density at radius 2 is 2.13 bits per heavy atom. The van der Waals surface area contributed by atoms with Crippen LogP contribution in [0.2, 0.25) is 0 Å². The quantitative estimate of drug-likeness (QED) is 0.896. The smallest absolute Gasteiger partial charge is 0.256 e. The van der Waals surface area contributed by atoms with E-state index in [9.17, 15) is 9.59 Å². The van der Waals surface area contributed by atoms with Crippen LogP contribution < -0.4 is 0 Å². The predicted molar refractivity (Wildman–Crippen MR) is 86.2 cm³/mol. The van der Waals surface area contributed by atoms with Crippen LogP contribution in [0.4, 0.5) is 0 Å². The Hall–Kier alpha value is -1.82. The van der Waals surface area contributed by atoms with Crippen LogP contribution in [0.3, 0.4) is 0 Å². The minimum absolute atomic E-state index is 0.0436. The highest BCUT2D eigenvalue weighted by atomic mass is 16.5. The molecule has 23 heavy (non-hydrogen) atoms. The first kappa shape index (κ1) is 16.1. The second-order valence-corrected chi connectivity index (χ2v) is 6.42. The highest BCUT2D eigenvalue weighted by molar-refractivity contribution is 5.97. The largest absolute Gasteiger partial charge is 0.376 e. The molecule has 1 atom stereocenters. The molecule has 2 fully saturated rings.